The zero-order chi connectivity index (χ0) is 16.2. The van der Waals surface area contributed by atoms with Crippen molar-refractivity contribution in [2.45, 2.75) is 0 Å². The predicted octanol–water partition coefficient (Wildman–Crippen LogP) is 1.37. The number of benzene rings is 1. The lowest BCUT2D eigenvalue weighted by atomic mass is 10.1. The lowest BCUT2D eigenvalue weighted by Crippen LogP contribution is -2.36. The van der Waals surface area contributed by atoms with Crippen LogP contribution in [0.3, 0.4) is 0 Å². The Hall–Kier alpha value is -2.61. The van der Waals surface area contributed by atoms with Gasteiger partial charge in [-0.05, 0) is 23.4 Å². The Kier molecular flexibility index (Phi) is 4.42. The molecule has 0 aliphatic carbocycles. The van der Waals surface area contributed by atoms with Crippen LogP contribution in [-0.4, -0.2) is 56.6 Å². The largest absolute Gasteiger partial charge is 0.496 e. The summed E-state index contributed by atoms with van der Waals surface area (Å²) in [7, 11) is 2.81. The third kappa shape index (κ3) is 3.11. The molecule has 1 aromatic carbocycles. The average molecular weight is 319 g/mol. The number of methoxy groups -OCH3 is 2. The molecule has 3 rings (SSSR count). The molecule has 1 aliphatic rings. The predicted molar refractivity (Wildman–Crippen MR) is 80.7 cm³/mol. The van der Waals surface area contributed by atoms with Crippen LogP contribution < -0.4 is 9.64 Å². The third-order valence-electron chi connectivity index (χ3n) is 3.56. The van der Waals surface area contributed by atoms with Crippen LogP contribution in [-0.2, 0) is 9.47 Å². The smallest absolute Gasteiger partial charge is 0.341 e. The van der Waals surface area contributed by atoms with E-state index in [-0.39, 0.29) is 0 Å². The lowest BCUT2D eigenvalue weighted by Gasteiger charge is -2.24. The van der Waals surface area contributed by atoms with Crippen molar-refractivity contribution < 1.29 is 23.5 Å². The van der Waals surface area contributed by atoms with Gasteiger partial charge in [-0.2, -0.15) is 4.98 Å². The first-order valence-corrected chi connectivity index (χ1v) is 7.16. The van der Waals surface area contributed by atoms with Crippen molar-refractivity contribution in [3.63, 3.8) is 0 Å². The maximum absolute atomic E-state index is 11.8. The maximum atomic E-state index is 11.8. The summed E-state index contributed by atoms with van der Waals surface area (Å²) in [6, 6.07) is 5.03. The molecule has 1 aliphatic heterocycles. The summed E-state index contributed by atoms with van der Waals surface area (Å²) in [5.74, 6) is 0.781. The van der Waals surface area contributed by atoms with Crippen molar-refractivity contribution in [2.24, 2.45) is 0 Å². The molecule has 23 heavy (non-hydrogen) atoms. The van der Waals surface area contributed by atoms with Gasteiger partial charge in [-0.3, -0.25) is 0 Å². The van der Waals surface area contributed by atoms with Crippen molar-refractivity contribution >= 4 is 11.9 Å². The third-order valence-corrected chi connectivity index (χ3v) is 3.56. The average Bonchev–Trinajstić information content (AvgIpc) is 3.11. The number of esters is 1. The van der Waals surface area contributed by atoms with Crippen LogP contribution >= 0.6 is 0 Å². The Bertz CT molecular complexity index is 694. The molecule has 0 saturated carbocycles. The van der Waals surface area contributed by atoms with E-state index in [1.807, 2.05) is 4.90 Å². The number of carbonyl (C=O) groups is 1. The summed E-state index contributed by atoms with van der Waals surface area (Å²) in [6.07, 6.45) is 0. The van der Waals surface area contributed by atoms with Gasteiger partial charge in [-0.25, -0.2) is 4.79 Å². The highest BCUT2D eigenvalue weighted by Gasteiger charge is 2.20. The molecule has 8 heteroatoms. The monoisotopic (exact) mass is 319 g/mol. The molecular weight excluding hydrogens is 302 g/mol. The van der Waals surface area contributed by atoms with Gasteiger partial charge in [0.2, 0.25) is 0 Å². The van der Waals surface area contributed by atoms with Gasteiger partial charge in [0.25, 0.3) is 11.8 Å². The van der Waals surface area contributed by atoms with E-state index < -0.39 is 5.97 Å². The summed E-state index contributed by atoms with van der Waals surface area (Å²) >= 11 is 0. The molecular formula is C15H17N3O5. The Balaban J connectivity index is 1.89. The highest BCUT2D eigenvalue weighted by Crippen LogP contribution is 2.27. The van der Waals surface area contributed by atoms with E-state index in [2.05, 4.69) is 10.1 Å². The van der Waals surface area contributed by atoms with E-state index in [1.165, 1.54) is 14.2 Å². The highest BCUT2D eigenvalue weighted by atomic mass is 16.5. The molecule has 0 unspecified atom stereocenters. The molecule has 0 spiro atoms. The number of morpholine rings is 1. The highest BCUT2D eigenvalue weighted by molar-refractivity contribution is 5.93. The van der Waals surface area contributed by atoms with Crippen LogP contribution in [0.2, 0.25) is 0 Å². The first-order chi connectivity index (χ1) is 11.2. The number of hydrogen-bond donors (Lipinski definition) is 0. The fourth-order valence-electron chi connectivity index (χ4n) is 2.34. The Morgan fingerprint density at radius 2 is 2.04 bits per heavy atom. The molecule has 1 fully saturated rings. The van der Waals surface area contributed by atoms with Gasteiger partial charge in [0.15, 0.2) is 0 Å². The molecule has 0 atom stereocenters. The van der Waals surface area contributed by atoms with Crippen molar-refractivity contribution in [1.29, 1.82) is 0 Å². The van der Waals surface area contributed by atoms with Gasteiger partial charge in [0.05, 0.1) is 27.4 Å². The van der Waals surface area contributed by atoms with Crippen LogP contribution in [0, 0.1) is 0 Å². The molecule has 122 valence electrons. The number of nitrogens with zero attached hydrogens (tertiary/aromatic N) is 3. The first kappa shape index (κ1) is 15.3. The Labute approximate surface area is 132 Å². The minimum atomic E-state index is -0.489. The molecule has 0 N–H and O–H groups in total. The Morgan fingerprint density at radius 1 is 1.26 bits per heavy atom. The van der Waals surface area contributed by atoms with Gasteiger partial charge in [0, 0.05) is 18.7 Å². The van der Waals surface area contributed by atoms with Crippen molar-refractivity contribution in [1.82, 2.24) is 10.1 Å². The van der Waals surface area contributed by atoms with Gasteiger partial charge in [0.1, 0.15) is 11.3 Å². The van der Waals surface area contributed by atoms with Gasteiger partial charge in [-0.1, -0.05) is 0 Å². The van der Waals surface area contributed by atoms with Crippen molar-refractivity contribution in [3.05, 3.63) is 23.8 Å². The second kappa shape index (κ2) is 6.66. The van der Waals surface area contributed by atoms with Crippen molar-refractivity contribution in [3.8, 4) is 17.2 Å². The van der Waals surface area contributed by atoms with E-state index in [9.17, 15) is 4.79 Å². The lowest BCUT2D eigenvalue weighted by molar-refractivity contribution is 0.0597. The number of aromatic nitrogens is 2. The van der Waals surface area contributed by atoms with E-state index in [4.69, 9.17) is 18.7 Å². The van der Waals surface area contributed by atoms with E-state index in [1.54, 1.807) is 18.2 Å². The summed E-state index contributed by atoms with van der Waals surface area (Å²) in [4.78, 5) is 18.2. The fraction of sp³-hybridized carbons (Fsp3) is 0.400. The molecule has 0 amide bonds. The van der Waals surface area contributed by atoms with E-state index in [0.717, 1.165) is 13.1 Å². The fourth-order valence-corrected chi connectivity index (χ4v) is 2.34. The van der Waals surface area contributed by atoms with Gasteiger partial charge < -0.3 is 23.6 Å². The quantitative estimate of drug-likeness (QED) is 0.781. The summed E-state index contributed by atoms with van der Waals surface area (Å²) in [5, 5.41) is 3.99. The number of carbonyl (C=O) groups excluding carboxylic acids is 1. The van der Waals surface area contributed by atoms with Gasteiger partial charge in [-0.15, -0.1) is 0 Å². The van der Waals surface area contributed by atoms with Crippen LogP contribution in [0.4, 0.5) is 5.95 Å². The molecule has 0 radical (unpaired) electrons. The number of anilines is 1. The molecule has 1 saturated heterocycles. The second-order valence-corrected chi connectivity index (χ2v) is 4.91. The maximum Gasteiger partial charge on any atom is 0.341 e. The second-order valence-electron chi connectivity index (χ2n) is 4.91. The summed E-state index contributed by atoms with van der Waals surface area (Å²) in [6.45, 7) is 2.71. The van der Waals surface area contributed by atoms with Crippen LogP contribution in [0.1, 0.15) is 10.4 Å². The van der Waals surface area contributed by atoms with E-state index in [0.29, 0.717) is 41.9 Å². The summed E-state index contributed by atoms with van der Waals surface area (Å²) < 4.78 is 20.5. The molecule has 2 heterocycles. The standard InChI is InChI=1S/C15H17N3O5/c1-20-12-4-3-10(9-11(12)14(19)21-2)13-16-15(17-23-13)18-5-7-22-8-6-18/h3-4,9H,5-8H2,1-2H3. The van der Waals surface area contributed by atoms with Crippen molar-refractivity contribution in [2.75, 3.05) is 45.4 Å². The summed E-state index contributed by atoms with van der Waals surface area (Å²) in [5.41, 5.74) is 0.928. The minimum absolute atomic E-state index is 0.304. The van der Waals surface area contributed by atoms with Crippen LogP contribution in [0.15, 0.2) is 22.7 Å². The van der Waals surface area contributed by atoms with Gasteiger partial charge >= 0.3 is 5.97 Å². The van der Waals surface area contributed by atoms with Crippen LogP contribution in [0.5, 0.6) is 5.75 Å². The van der Waals surface area contributed by atoms with E-state index >= 15 is 0 Å². The normalized spacial score (nSPS) is 14.6. The van der Waals surface area contributed by atoms with Crippen LogP contribution in [0.25, 0.3) is 11.5 Å². The number of hydrogen-bond acceptors (Lipinski definition) is 8. The SMILES string of the molecule is COC(=O)c1cc(-c2nc(N3CCOCC3)no2)ccc1OC. The minimum Gasteiger partial charge on any atom is -0.496 e. The molecule has 1 aromatic heterocycles. The molecule has 2 aromatic rings. The first-order valence-electron chi connectivity index (χ1n) is 7.16. The topological polar surface area (TPSA) is 86.9 Å². The number of rotatable bonds is 4. The molecule has 0 bridgehead atoms. The zero-order valence-corrected chi connectivity index (χ0v) is 12.9. The number of ether oxygens (including phenoxy) is 3. The zero-order valence-electron chi connectivity index (χ0n) is 12.9. The molecule has 8 nitrogen and oxygen atoms in total. The Morgan fingerprint density at radius 3 is 2.74 bits per heavy atom.